The van der Waals surface area contributed by atoms with Crippen LogP contribution < -0.4 is 5.32 Å². The molecule has 0 radical (unpaired) electrons. The Morgan fingerprint density at radius 3 is 2.14 bits per heavy atom. The van der Waals surface area contributed by atoms with Gasteiger partial charge in [0.2, 0.25) is 5.91 Å². The Morgan fingerprint density at radius 1 is 1.04 bits per heavy atom. The van der Waals surface area contributed by atoms with Crippen LogP contribution >= 0.6 is 34.8 Å². The van der Waals surface area contributed by atoms with Gasteiger partial charge in [-0.2, -0.15) is 0 Å². The topological polar surface area (TPSA) is 72.5 Å². The van der Waals surface area contributed by atoms with Crippen LogP contribution in [0.1, 0.15) is 37.0 Å². The summed E-state index contributed by atoms with van der Waals surface area (Å²) in [6.07, 6.45) is 3.67. The standard InChI is InChI=1S/C20H20Cl3NO4/c1-11(25)13-7-9-14(10-8-13)24-19(26)15-5-3-4-6-16(15)20(27)28-12(2)17(21)18(22)23/h3-4,7-10,12,15-16H,5-6H2,1-2H3,(H,24,26)/t12-,15+,16+/m1/s1. The van der Waals surface area contributed by atoms with Gasteiger partial charge < -0.3 is 10.1 Å². The van der Waals surface area contributed by atoms with Crippen LogP contribution in [0.15, 0.2) is 45.9 Å². The summed E-state index contributed by atoms with van der Waals surface area (Å²) < 4.78 is 5.16. The first-order valence-corrected chi connectivity index (χ1v) is 9.82. The second-order valence-corrected chi connectivity index (χ2v) is 7.82. The van der Waals surface area contributed by atoms with E-state index >= 15 is 0 Å². The normalized spacial score (nSPS) is 19.5. The van der Waals surface area contributed by atoms with Crippen molar-refractivity contribution in [1.82, 2.24) is 0 Å². The molecule has 0 spiro atoms. The summed E-state index contributed by atoms with van der Waals surface area (Å²) in [5.41, 5.74) is 1.10. The highest BCUT2D eigenvalue weighted by atomic mass is 35.5. The number of anilines is 1. The molecule has 1 aliphatic rings. The summed E-state index contributed by atoms with van der Waals surface area (Å²) in [4.78, 5) is 36.7. The van der Waals surface area contributed by atoms with E-state index in [2.05, 4.69) is 5.32 Å². The van der Waals surface area contributed by atoms with Gasteiger partial charge in [-0.3, -0.25) is 14.4 Å². The number of esters is 1. The van der Waals surface area contributed by atoms with E-state index in [1.54, 1.807) is 31.2 Å². The number of ether oxygens (including phenoxy) is 1. The molecule has 150 valence electrons. The first-order chi connectivity index (χ1) is 13.2. The number of rotatable bonds is 6. The molecule has 8 heteroatoms. The number of Topliss-reactive ketones (excluding diaryl/α,β-unsaturated/α-hetero) is 1. The molecular formula is C20H20Cl3NO4. The van der Waals surface area contributed by atoms with E-state index in [0.29, 0.717) is 24.1 Å². The van der Waals surface area contributed by atoms with Crippen molar-refractivity contribution in [1.29, 1.82) is 0 Å². The fraction of sp³-hybridized carbons (Fsp3) is 0.350. The molecule has 28 heavy (non-hydrogen) atoms. The molecule has 0 aromatic heterocycles. The number of amides is 1. The fourth-order valence-electron chi connectivity index (χ4n) is 2.85. The second kappa shape index (κ2) is 10.1. The summed E-state index contributed by atoms with van der Waals surface area (Å²) in [5, 5.41) is 2.81. The van der Waals surface area contributed by atoms with Crippen LogP contribution in [0.5, 0.6) is 0 Å². The number of hydrogen-bond acceptors (Lipinski definition) is 4. The average Bonchev–Trinajstić information content (AvgIpc) is 2.67. The maximum Gasteiger partial charge on any atom is 0.310 e. The third-order valence-electron chi connectivity index (χ3n) is 4.46. The first-order valence-electron chi connectivity index (χ1n) is 8.68. The van der Waals surface area contributed by atoms with Gasteiger partial charge in [0.05, 0.1) is 16.9 Å². The summed E-state index contributed by atoms with van der Waals surface area (Å²) in [5.74, 6) is -2.14. The van der Waals surface area contributed by atoms with Crippen molar-refractivity contribution < 1.29 is 19.1 Å². The molecule has 0 bridgehead atoms. The first kappa shape index (κ1) is 22.5. The van der Waals surface area contributed by atoms with E-state index < -0.39 is 23.9 Å². The zero-order valence-corrected chi connectivity index (χ0v) is 17.6. The van der Waals surface area contributed by atoms with Crippen LogP contribution in [0.2, 0.25) is 0 Å². The zero-order valence-electron chi connectivity index (χ0n) is 15.4. The zero-order chi connectivity index (χ0) is 20.8. The Bertz CT molecular complexity index is 813. The molecule has 1 amide bonds. The number of allylic oxidation sites excluding steroid dienone is 2. The maximum absolute atomic E-state index is 12.7. The van der Waals surface area contributed by atoms with E-state index in [1.165, 1.54) is 6.92 Å². The predicted octanol–water partition coefficient (Wildman–Crippen LogP) is 5.23. The summed E-state index contributed by atoms with van der Waals surface area (Å²) in [6, 6.07) is 6.57. The number of carbonyl (C=O) groups excluding carboxylic acids is 3. The monoisotopic (exact) mass is 443 g/mol. The quantitative estimate of drug-likeness (QED) is 0.370. The molecule has 5 nitrogen and oxygen atoms in total. The van der Waals surface area contributed by atoms with Gasteiger partial charge in [0, 0.05) is 11.3 Å². The molecule has 0 aliphatic heterocycles. The minimum Gasteiger partial charge on any atom is -0.457 e. The van der Waals surface area contributed by atoms with Crippen LogP contribution in [-0.2, 0) is 14.3 Å². The van der Waals surface area contributed by atoms with Gasteiger partial charge in [-0.15, -0.1) is 0 Å². The van der Waals surface area contributed by atoms with E-state index in [-0.39, 0.29) is 21.2 Å². The number of halogens is 3. The molecule has 2 rings (SSSR count). The van der Waals surface area contributed by atoms with Gasteiger partial charge in [0.25, 0.3) is 0 Å². The van der Waals surface area contributed by atoms with Gasteiger partial charge in [-0.1, -0.05) is 47.0 Å². The highest BCUT2D eigenvalue weighted by Crippen LogP contribution is 2.30. The largest absolute Gasteiger partial charge is 0.457 e. The van der Waals surface area contributed by atoms with Crippen LogP contribution in [-0.4, -0.2) is 23.8 Å². The Balaban J connectivity index is 2.08. The molecular weight excluding hydrogens is 425 g/mol. The Morgan fingerprint density at radius 2 is 1.61 bits per heavy atom. The highest BCUT2D eigenvalue weighted by Gasteiger charge is 2.36. The Hall–Kier alpha value is -1.82. The SMILES string of the molecule is CC(=O)c1ccc(NC(=O)[C@H]2CC=CC[C@@H]2C(=O)O[C@H](C)C(Cl)=C(Cl)Cl)cc1. The van der Waals surface area contributed by atoms with Gasteiger partial charge in [0.15, 0.2) is 5.78 Å². The molecule has 1 aliphatic carbocycles. The summed E-state index contributed by atoms with van der Waals surface area (Å²) >= 11 is 17.1. The minimum atomic E-state index is -0.812. The summed E-state index contributed by atoms with van der Waals surface area (Å²) in [6.45, 7) is 3.02. The number of carbonyl (C=O) groups is 3. The van der Waals surface area contributed by atoms with Crippen molar-refractivity contribution in [3.05, 3.63) is 51.5 Å². The molecule has 1 aromatic rings. The van der Waals surface area contributed by atoms with Crippen molar-refractivity contribution >= 4 is 58.1 Å². The number of nitrogens with one attached hydrogen (secondary N) is 1. The highest BCUT2D eigenvalue weighted by molar-refractivity contribution is 6.59. The molecule has 3 atom stereocenters. The third kappa shape index (κ3) is 5.84. The van der Waals surface area contributed by atoms with E-state index in [4.69, 9.17) is 39.5 Å². The lowest BCUT2D eigenvalue weighted by atomic mass is 9.82. The van der Waals surface area contributed by atoms with Crippen molar-refractivity contribution in [2.45, 2.75) is 32.8 Å². The number of benzene rings is 1. The van der Waals surface area contributed by atoms with Crippen LogP contribution in [0.3, 0.4) is 0 Å². The lowest BCUT2D eigenvalue weighted by molar-refractivity contribution is -0.155. The van der Waals surface area contributed by atoms with E-state index in [0.717, 1.165) is 0 Å². The fourth-order valence-corrected chi connectivity index (χ4v) is 3.21. The molecule has 0 saturated heterocycles. The summed E-state index contributed by atoms with van der Waals surface area (Å²) in [7, 11) is 0. The van der Waals surface area contributed by atoms with Crippen molar-refractivity contribution in [3.8, 4) is 0 Å². The average molecular weight is 445 g/mol. The lowest BCUT2D eigenvalue weighted by Crippen LogP contribution is -2.36. The molecule has 0 heterocycles. The van der Waals surface area contributed by atoms with Crippen molar-refractivity contribution in [2.75, 3.05) is 5.32 Å². The lowest BCUT2D eigenvalue weighted by Gasteiger charge is -2.27. The predicted molar refractivity (Wildman–Crippen MR) is 111 cm³/mol. The van der Waals surface area contributed by atoms with Crippen molar-refractivity contribution in [3.63, 3.8) is 0 Å². The van der Waals surface area contributed by atoms with E-state index in [1.807, 2.05) is 12.2 Å². The van der Waals surface area contributed by atoms with Gasteiger partial charge in [-0.05, 0) is 51.0 Å². The molecule has 0 saturated carbocycles. The molecule has 1 aromatic carbocycles. The third-order valence-corrected chi connectivity index (χ3v) is 5.56. The molecule has 1 N–H and O–H groups in total. The molecule has 0 fully saturated rings. The Kier molecular flexibility index (Phi) is 8.10. The maximum atomic E-state index is 12.7. The Labute approximate surface area is 178 Å². The van der Waals surface area contributed by atoms with Crippen molar-refractivity contribution in [2.24, 2.45) is 11.8 Å². The van der Waals surface area contributed by atoms with E-state index in [9.17, 15) is 14.4 Å². The second-order valence-electron chi connectivity index (χ2n) is 6.47. The molecule has 0 unspecified atom stereocenters. The minimum absolute atomic E-state index is 0.0228. The number of hydrogen-bond donors (Lipinski definition) is 1. The number of ketones is 1. The van der Waals surface area contributed by atoms with Gasteiger partial charge >= 0.3 is 5.97 Å². The van der Waals surface area contributed by atoms with Gasteiger partial charge in [0.1, 0.15) is 10.6 Å². The van der Waals surface area contributed by atoms with Crippen LogP contribution in [0.4, 0.5) is 5.69 Å². The van der Waals surface area contributed by atoms with Crippen LogP contribution in [0.25, 0.3) is 0 Å². The van der Waals surface area contributed by atoms with Gasteiger partial charge in [-0.25, -0.2) is 0 Å². The smallest absolute Gasteiger partial charge is 0.310 e. The van der Waals surface area contributed by atoms with Crippen LogP contribution in [0, 0.1) is 11.8 Å².